The molecule has 1 saturated heterocycles. The van der Waals surface area contributed by atoms with E-state index in [2.05, 4.69) is 22.3 Å². The molecule has 6 rings (SSSR count). The normalized spacial score (nSPS) is 34.4. The maximum absolute atomic E-state index is 13.0. The van der Waals surface area contributed by atoms with E-state index in [0.29, 0.717) is 11.8 Å². The number of hydrogen-bond donors (Lipinski definition) is 2. The number of carbonyl (C=O) groups is 2. The molecule has 5 heteroatoms. The number of rotatable bonds is 4. The summed E-state index contributed by atoms with van der Waals surface area (Å²) in [5.74, 6) is 3.31. The summed E-state index contributed by atoms with van der Waals surface area (Å²) in [7, 11) is 0. The number of carbonyl (C=O) groups excluding carboxylic acids is 2. The van der Waals surface area contributed by atoms with Gasteiger partial charge in [0.1, 0.15) is 0 Å². The zero-order chi connectivity index (χ0) is 19.3. The Morgan fingerprint density at radius 1 is 0.893 bits per heavy atom. The van der Waals surface area contributed by atoms with Gasteiger partial charge in [0.2, 0.25) is 11.8 Å². The fourth-order valence-electron chi connectivity index (χ4n) is 6.76. The van der Waals surface area contributed by atoms with Crippen LogP contribution < -0.4 is 16.0 Å². The lowest BCUT2D eigenvalue weighted by Gasteiger charge is -2.53. The summed E-state index contributed by atoms with van der Waals surface area (Å²) in [5.41, 5.74) is 7.47. The van der Waals surface area contributed by atoms with Crippen LogP contribution in [0.1, 0.15) is 44.9 Å². The topological polar surface area (TPSA) is 75.4 Å². The van der Waals surface area contributed by atoms with Gasteiger partial charge in [-0.1, -0.05) is 0 Å². The third-order valence-electron chi connectivity index (χ3n) is 7.93. The second kappa shape index (κ2) is 7.09. The molecule has 5 aliphatic rings. The second-order valence-corrected chi connectivity index (χ2v) is 9.66. The molecule has 5 fully saturated rings. The van der Waals surface area contributed by atoms with Crippen molar-refractivity contribution >= 4 is 23.2 Å². The van der Waals surface area contributed by atoms with Crippen molar-refractivity contribution in [2.24, 2.45) is 41.2 Å². The summed E-state index contributed by atoms with van der Waals surface area (Å²) >= 11 is 0. The van der Waals surface area contributed by atoms with Crippen LogP contribution in [0.4, 0.5) is 11.4 Å². The van der Waals surface area contributed by atoms with Crippen molar-refractivity contribution in [2.75, 3.05) is 23.3 Å². The molecule has 28 heavy (non-hydrogen) atoms. The zero-order valence-corrected chi connectivity index (χ0v) is 16.5. The Balaban J connectivity index is 1.20. The zero-order valence-electron chi connectivity index (χ0n) is 16.5. The van der Waals surface area contributed by atoms with Gasteiger partial charge >= 0.3 is 0 Å². The van der Waals surface area contributed by atoms with Crippen LogP contribution in [0.3, 0.4) is 0 Å². The molecule has 3 N–H and O–H groups in total. The highest BCUT2D eigenvalue weighted by atomic mass is 16.2. The van der Waals surface area contributed by atoms with E-state index in [9.17, 15) is 9.59 Å². The molecule has 1 heterocycles. The van der Waals surface area contributed by atoms with Crippen LogP contribution in [0, 0.1) is 35.5 Å². The fraction of sp³-hybridized carbons (Fsp3) is 0.652. The van der Waals surface area contributed by atoms with Gasteiger partial charge in [0.05, 0.1) is 0 Å². The summed E-state index contributed by atoms with van der Waals surface area (Å²) < 4.78 is 0. The predicted octanol–water partition coefficient (Wildman–Crippen LogP) is 3.40. The third-order valence-corrected chi connectivity index (χ3v) is 7.93. The molecule has 4 saturated carbocycles. The largest absolute Gasteiger partial charge is 0.371 e. The molecule has 5 nitrogen and oxygen atoms in total. The maximum atomic E-state index is 13.0. The molecule has 0 aromatic heterocycles. The monoisotopic (exact) mass is 381 g/mol. The molecule has 1 aromatic carbocycles. The molecular weight excluding hydrogens is 350 g/mol. The number of amides is 2. The van der Waals surface area contributed by atoms with Gasteiger partial charge in [0.25, 0.3) is 0 Å². The van der Waals surface area contributed by atoms with Crippen LogP contribution in [0.25, 0.3) is 0 Å². The highest BCUT2D eigenvalue weighted by Crippen LogP contribution is 2.56. The molecular formula is C23H31N3O2. The molecule has 0 atom stereocenters. The number of benzene rings is 1. The van der Waals surface area contributed by atoms with E-state index in [1.165, 1.54) is 32.1 Å². The molecule has 0 spiro atoms. The summed E-state index contributed by atoms with van der Waals surface area (Å²) in [6.45, 7) is 1.71. The van der Waals surface area contributed by atoms with Crippen LogP contribution in [-0.4, -0.2) is 24.9 Å². The van der Waals surface area contributed by atoms with Gasteiger partial charge in [-0.25, -0.2) is 0 Å². The number of nitrogens with two attached hydrogens (primary N) is 1. The Hall–Kier alpha value is -2.04. The lowest BCUT2D eigenvalue weighted by molar-refractivity contribution is -0.132. The Labute approximate surface area is 167 Å². The van der Waals surface area contributed by atoms with Crippen molar-refractivity contribution in [2.45, 2.75) is 44.9 Å². The first-order valence-electron chi connectivity index (χ1n) is 11.0. The minimum absolute atomic E-state index is 0.00999. The average Bonchev–Trinajstić information content (AvgIpc) is 2.68. The summed E-state index contributed by atoms with van der Waals surface area (Å²) in [4.78, 5) is 26.6. The summed E-state index contributed by atoms with van der Waals surface area (Å²) in [6, 6.07) is 8.20. The first-order chi connectivity index (χ1) is 13.6. The van der Waals surface area contributed by atoms with Gasteiger partial charge in [-0.3, -0.25) is 9.59 Å². The predicted molar refractivity (Wildman–Crippen MR) is 110 cm³/mol. The number of primary amides is 1. The van der Waals surface area contributed by atoms with Crippen molar-refractivity contribution in [1.82, 2.24) is 0 Å². The van der Waals surface area contributed by atoms with Crippen LogP contribution in [0.5, 0.6) is 0 Å². The lowest BCUT2D eigenvalue weighted by Crippen LogP contribution is -2.49. The van der Waals surface area contributed by atoms with Gasteiger partial charge in [-0.15, -0.1) is 0 Å². The molecule has 4 aliphatic carbocycles. The van der Waals surface area contributed by atoms with Gasteiger partial charge in [-0.2, -0.15) is 0 Å². The van der Waals surface area contributed by atoms with E-state index in [-0.39, 0.29) is 23.7 Å². The van der Waals surface area contributed by atoms with Crippen molar-refractivity contribution < 1.29 is 9.59 Å². The first kappa shape index (κ1) is 18.0. The van der Waals surface area contributed by atoms with Crippen molar-refractivity contribution in [3.63, 3.8) is 0 Å². The quantitative estimate of drug-likeness (QED) is 0.839. The average molecular weight is 382 g/mol. The minimum Gasteiger partial charge on any atom is -0.371 e. The highest BCUT2D eigenvalue weighted by Gasteiger charge is 2.50. The third kappa shape index (κ3) is 3.29. The minimum atomic E-state index is -0.178. The van der Waals surface area contributed by atoms with Crippen LogP contribution >= 0.6 is 0 Å². The Morgan fingerprint density at radius 2 is 1.46 bits per heavy atom. The number of nitrogens with one attached hydrogen (secondary N) is 1. The molecule has 1 aromatic rings. The molecule has 4 bridgehead atoms. The smallest absolute Gasteiger partial charge is 0.228 e. The van der Waals surface area contributed by atoms with E-state index >= 15 is 0 Å². The second-order valence-electron chi connectivity index (χ2n) is 9.66. The van der Waals surface area contributed by atoms with Crippen molar-refractivity contribution in [3.8, 4) is 0 Å². The molecule has 0 unspecified atom stereocenters. The van der Waals surface area contributed by atoms with E-state index in [4.69, 9.17) is 5.73 Å². The lowest BCUT2D eigenvalue weighted by atomic mass is 9.51. The maximum Gasteiger partial charge on any atom is 0.228 e. The fourth-order valence-corrected chi connectivity index (χ4v) is 6.76. The Bertz CT molecular complexity index is 724. The van der Waals surface area contributed by atoms with E-state index in [1.54, 1.807) is 0 Å². The highest BCUT2D eigenvalue weighted by molar-refractivity contribution is 5.93. The molecule has 150 valence electrons. The first-order valence-corrected chi connectivity index (χ1v) is 11.0. The Kier molecular flexibility index (Phi) is 4.56. The molecule has 1 aliphatic heterocycles. The van der Waals surface area contributed by atoms with Crippen LogP contribution in [-0.2, 0) is 9.59 Å². The van der Waals surface area contributed by atoms with Crippen LogP contribution in [0.2, 0.25) is 0 Å². The van der Waals surface area contributed by atoms with Gasteiger partial charge < -0.3 is 16.0 Å². The number of piperidine rings is 1. The number of hydrogen-bond acceptors (Lipinski definition) is 3. The van der Waals surface area contributed by atoms with E-state index in [1.807, 2.05) is 12.1 Å². The SMILES string of the molecule is NC(=O)C1CCN(c2ccc(NC(=O)C3C4CC5CC(C4)CC3C5)cc2)CC1. The van der Waals surface area contributed by atoms with Gasteiger partial charge in [-0.05, 0) is 92.9 Å². The number of nitrogens with zero attached hydrogens (tertiary/aromatic N) is 1. The summed E-state index contributed by atoms with van der Waals surface area (Å²) in [6.07, 6.45) is 8.13. The van der Waals surface area contributed by atoms with Crippen LogP contribution in [0.15, 0.2) is 24.3 Å². The Morgan fingerprint density at radius 3 is 2.00 bits per heavy atom. The van der Waals surface area contributed by atoms with Crippen molar-refractivity contribution in [1.29, 1.82) is 0 Å². The van der Waals surface area contributed by atoms with Gasteiger partial charge in [0.15, 0.2) is 0 Å². The van der Waals surface area contributed by atoms with Gasteiger partial charge in [0, 0.05) is 36.3 Å². The molecule has 2 amide bonds. The standard InChI is InChI=1S/C23H31N3O2/c24-22(27)16-5-7-26(8-6-16)20-3-1-19(2-4-20)25-23(28)21-17-10-14-9-15(12-17)13-18(21)11-14/h1-4,14-18,21H,5-13H2,(H2,24,27)(H,25,28). The summed E-state index contributed by atoms with van der Waals surface area (Å²) in [5, 5.41) is 3.20. The number of anilines is 2. The van der Waals surface area contributed by atoms with E-state index in [0.717, 1.165) is 49.1 Å². The van der Waals surface area contributed by atoms with E-state index < -0.39 is 0 Å². The van der Waals surface area contributed by atoms with Crippen molar-refractivity contribution in [3.05, 3.63) is 24.3 Å². The molecule has 0 radical (unpaired) electrons.